The zero-order chi connectivity index (χ0) is 23.3. The molecule has 0 radical (unpaired) electrons. The molecule has 0 atom stereocenters. The quantitative estimate of drug-likeness (QED) is 0.331. The van der Waals surface area contributed by atoms with Gasteiger partial charge in [0.2, 0.25) is 11.5 Å². The van der Waals surface area contributed by atoms with Crippen LogP contribution in [0, 0.1) is 6.92 Å². The van der Waals surface area contributed by atoms with Crippen LogP contribution in [0.1, 0.15) is 21.5 Å². The third-order valence-electron chi connectivity index (χ3n) is 4.73. The molecule has 168 valence electrons. The Kier molecular flexibility index (Phi) is 7.04. The molecule has 0 aromatic heterocycles. The number of carbonyl (C=O) groups is 2. The third kappa shape index (κ3) is 4.54. The van der Waals surface area contributed by atoms with Crippen LogP contribution in [-0.4, -0.2) is 46.3 Å². The van der Waals surface area contributed by atoms with Crippen molar-refractivity contribution in [3.63, 3.8) is 0 Å². The van der Waals surface area contributed by atoms with Crippen molar-refractivity contribution in [1.82, 2.24) is 0 Å². The van der Waals surface area contributed by atoms with E-state index in [1.165, 1.54) is 27.4 Å². The van der Waals surface area contributed by atoms with Crippen molar-refractivity contribution in [2.75, 3.05) is 34.5 Å². The lowest BCUT2D eigenvalue weighted by Gasteiger charge is -2.13. The van der Waals surface area contributed by atoms with Crippen LogP contribution in [0.5, 0.6) is 28.7 Å². The van der Waals surface area contributed by atoms with Crippen molar-refractivity contribution in [2.45, 2.75) is 6.92 Å². The van der Waals surface area contributed by atoms with Gasteiger partial charge in [-0.3, -0.25) is 4.79 Å². The summed E-state index contributed by atoms with van der Waals surface area (Å²) < 4.78 is 32.3. The third-order valence-corrected chi connectivity index (χ3v) is 4.73. The number of ketones is 1. The number of esters is 1. The van der Waals surface area contributed by atoms with Gasteiger partial charge in [-0.15, -0.1) is 0 Å². The molecule has 1 heterocycles. The molecule has 32 heavy (non-hydrogen) atoms. The van der Waals surface area contributed by atoms with Crippen LogP contribution in [0.25, 0.3) is 6.08 Å². The Hall–Kier alpha value is -3.94. The van der Waals surface area contributed by atoms with Gasteiger partial charge >= 0.3 is 5.97 Å². The van der Waals surface area contributed by atoms with Gasteiger partial charge in [0.05, 0.1) is 26.9 Å². The van der Waals surface area contributed by atoms with Gasteiger partial charge in [0.25, 0.3) is 0 Å². The molecular formula is C24H24O8. The van der Waals surface area contributed by atoms with E-state index in [1.807, 2.05) is 0 Å². The molecule has 8 heteroatoms. The maximum Gasteiger partial charge on any atom is 0.344 e. The van der Waals surface area contributed by atoms with E-state index < -0.39 is 5.97 Å². The van der Waals surface area contributed by atoms with Gasteiger partial charge in [0, 0.05) is 5.56 Å². The number of rotatable bonds is 9. The largest absolute Gasteiger partial charge is 0.493 e. The van der Waals surface area contributed by atoms with Gasteiger partial charge in [0.15, 0.2) is 23.9 Å². The Balaban J connectivity index is 1.86. The van der Waals surface area contributed by atoms with Gasteiger partial charge in [-0.25, -0.2) is 4.79 Å². The van der Waals surface area contributed by atoms with Gasteiger partial charge in [-0.05, 0) is 42.8 Å². The molecule has 3 rings (SSSR count). The lowest BCUT2D eigenvalue weighted by molar-refractivity contribution is -0.144. The summed E-state index contributed by atoms with van der Waals surface area (Å²) in [6.45, 7) is 5.07. The molecule has 2 aromatic carbocycles. The minimum absolute atomic E-state index is 0.109. The highest BCUT2D eigenvalue weighted by molar-refractivity contribution is 6.15. The molecule has 0 saturated carbocycles. The highest BCUT2D eigenvalue weighted by atomic mass is 16.6. The van der Waals surface area contributed by atoms with E-state index in [-0.39, 0.29) is 24.8 Å². The standard InChI is InChI=1S/C24H24O8/c1-6-9-30-21(25)13-31-17-8-7-16-22(26)18(32-23(16)14(17)2)10-15-11-19(27-3)24(29-5)20(12-15)28-4/h6-8,10-12H,1,9,13H2,2-5H3/b18-10-. The Morgan fingerprint density at radius 2 is 1.75 bits per heavy atom. The summed E-state index contributed by atoms with van der Waals surface area (Å²) in [6.07, 6.45) is 3.07. The highest BCUT2D eigenvalue weighted by Crippen LogP contribution is 2.41. The molecule has 1 aliphatic rings. The molecule has 0 aliphatic carbocycles. The van der Waals surface area contributed by atoms with Crippen LogP contribution < -0.4 is 23.7 Å². The number of hydrogen-bond acceptors (Lipinski definition) is 8. The van der Waals surface area contributed by atoms with Crippen molar-refractivity contribution in [1.29, 1.82) is 0 Å². The number of Topliss-reactive ketones (excluding diaryl/α,β-unsaturated/α-hetero) is 1. The van der Waals surface area contributed by atoms with Gasteiger partial charge < -0.3 is 28.4 Å². The molecule has 8 nitrogen and oxygen atoms in total. The molecule has 0 unspecified atom stereocenters. The average molecular weight is 440 g/mol. The summed E-state index contributed by atoms with van der Waals surface area (Å²) in [6, 6.07) is 6.65. The number of allylic oxidation sites excluding steroid dienone is 1. The van der Waals surface area contributed by atoms with Crippen molar-refractivity contribution in [2.24, 2.45) is 0 Å². The molecule has 2 aromatic rings. The second-order valence-corrected chi connectivity index (χ2v) is 6.72. The summed E-state index contributed by atoms with van der Waals surface area (Å²) in [5.74, 6) is 1.50. The second kappa shape index (κ2) is 9.91. The first-order chi connectivity index (χ1) is 15.4. The van der Waals surface area contributed by atoms with Crippen LogP contribution in [0.15, 0.2) is 42.7 Å². The smallest absolute Gasteiger partial charge is 0.344 e. The second-order valence-electron chi connectivity index (χ2n) is 6.72. The van der Waals surface area contributed by atoms with E-state index in [4.69, 9.17) is 28.4 Å². The zero-order valence-electron chi connectivity index (χ0n) is 18.4. The normalized spacial score (nSPS) is 13.2. The first kappa shape index (κ1) is 22.7. The fourth-order valence-corrected chi connectivity index (χ4v) is 3.19. The van der Waals surface area contributed by atoms with Gasteiger partial charge in [0.1, 0.15) is 18.1 Å². The SMILES string of the molecule is C=CCOC(=O)COc1ccc2c(c1C)O/C(=C\c1cc(OC)c(OC)c(OC)c1)C2=O. The van der Waals surface area contributed by atoms with E-state index in [0.717, 1.165) is 0 Å². The van der Waals surface area contributed by atoms with Gasteiger partial charge in [-0.1, -0.05) is 12.7 Å². The number of carbonyl (C=O) groups excluding carboxylic acids is 2. The lowest BCUT2D eigenvalue weighted by atomic mass is 10.1. The maximum absolute atomic E-state index is 12.9. The van der Waals surface area contributed by atoms with Crippen molar-refractivity contribution in [3.8, 4) is 28.7 Å². The number of benzene rings is 2. The number of ether oxygens (including phenoxy) is 6. The van der Waals surface area contributed by atoms with E-state index in [1.54, 1.807) is 37.3 Å². The number of fused-ring (bicyclic) bond motifs is 1. The molecule has 0 bridgehead atoms. The van der Waals surface area contributed by atoms with Crippen LogP contribution in [0.3, 0.4) is 0 Å². The Bertz CT molecular complexity index is 1060. The predicted molar refractivity (Wildman–Crippen MR) is 117 cm³/mol. The van der Waals surface area contributed by atoms with Crippen molar-refractivity contribution >= 4 is 17.8 Å². The summed E-state index contributed by atoms with van der Waals surface area (Å²) in [5.41, 5.74) is 1.64. The summed E-state index contributed by atoms with van der Waals surface area (Å²) >= 11 is 0. The molecule has 0 amide bonds. The minimum Gasteiger partial charge on any atom is -0.493 e. The highest BCUT2D eigenvalue weighted by Gasteiger charge is 2.30. The Morgan fingerprint density at radius 1 is 1.06 bits per heavy atom. The van der Waals surface area contributed by atoms with Crippen LogP contribution in [0.2, 0.25) is 0 Å². The first-order valence-electron chi connectivity index (χ1n) is 9.70. The summed E-state index contributed by atoms with van der Waals surface area (Å²) in [5, 5.41) is 0. The molecule has 0 fully saturated rings. The van der Waals surface area contributed by atoms with Crippen LogP contribution in [-0.2, 0) is 9.53 Å². The number of methoxy groups -OCH3 is 3. The Morgan fingerprint density at radius 3 is 2.34 bits per heavy atom. The fraction of sp³-hybridized carbons (Fsp3) is 0.250. The van der Waals surface area contributed by atoms with Crippen LogP contribution >= 0.6 is 0 Å². The maximum atomic E-state index is 12.9. The van der Waals surface area contributed by atoms with Crippen LogP contribution in [0.4, 0.5) is 0 Å². The molecule has 0 saturated heterocycles. The van der Waals surface area contributed by atoms with E-state index in [2.05, 4.69) is 6.58 Å². The molecule has 1 aliphatic heterocycles. The van der Waals surface area contributed by atoms with Crippen molar-refractivity contribution < 1.29 is 38.0 Å². The number of hydrogen-bond donors (Lipinski definition) is 0. The monoisotopic (exact) mass is 440 g/mol. The topological polar surface area (TPSA) is 89.5 Å². The van der Waals surface area contributed by atoms with Gasteiger partial charge in [-0.2, -0.15) is 0 Å². The lowest BCUT2D eigenvalue weighted by Crippen LogP contribution is -2.15. The van der Waals surface area contributed by atoms with E-state index in [0.29, 0.717) is 45.4 Å². The van der Waals surface area contributed by atoms with E-state index >= 15 is 0 Å². The summed E-state index contributed by atoms with van der Waals surface area (Å²) in [7, 11) is 4.54. The minimum atomic E-state index is -0.523. The summed E-state index contributed by atoms with van der Waals surface area (Å²) in [4.78, 5) is 24.5. The Labute approximate surface area is 185 Å². The fourth-order valence-electron chi connectivity index (χ4n) is 3.19. The average Bonchev–Trinajstić information content (AvgIpc) is 3.12. The molecule has 0 N–H and O–H groups in total. The molecular weight excluding hydrogens is 416 g/mol. The molecule has 0 spiro atoms. The van der Waals surface area contributed by atoms with E-state index in [9.17, 15) is 9.59 Å². The van der Waals surface area contributed by atoms with Crippen molar-refractivity contribution in [3.05, 3.63) is 59.4 Å². The predicted octanol–water partition coefficient (Wildman–Crippen LogP) is 3.75. The first-order valence-corrected chi connectivity index (χ1v) is 9.70. The zero-order valence-corrected chi connectivity index (χ0v) is 18.4.